The molecule has 67 heavy (non-hydrogen) atoms. The second kappa shape index (κ2) is 19.3. The molecule has 1 saturated heterocycles. The maximum absolute atomic E-state index is 14.4. The van der Waals surface area contributed by atoms with E-state index in [9.17, 15) is 24.3 Å². The molecule has 5 heterocycles. The number of rotatable bonds is 14. The number of halogens is 1. The van der Waals surface area contributed by atoms with Gasteiger partial charge in [-0.1, -0.05) is 68.8 Å². The molecule has 15 nitrogen and oxygen atoms in total. The topological polar surface area (TPSA) is 193 Å². The molecule has 356 valence electrons. The van der Waals surface area contributed by atoms with Crippen LogP contribution in [-0.2, 0) is 30.5 Å². The summed E-state index contributed by atoms with van der Waals surface area (Å²) in [5.41, 5.74) is 5.11. The first kappa shape index (κ1) is 49.6. The molecule has 0 aliphatic carbocycles. The molecule has 7 rings (SSSR count). The van der Waals surface area contributed by atoms with Crippen molar-refractivity contribution in [3.8, 4) is 15.4 Å². The van der Waals surface area contributed by atoms with Crippen LogP contribution in [0.15, 0.2) is 59.0 Å². The Labute approximate surface area is 404 Å². The van der Waals surface area contributed by atoms with Gasteiger partial charge in [-0.3, -0.25) is 28.7 Å². The number of benzene rings is 2. The van der Waals surface area contributed by atoms with Crippen LogP contribution in [0.2, 0.25) is 5.02 Å². The van der Waals surface area contributed by atoms with Crippen LogP contribution in [0.1, 0.15) is 112 Å². The number of aliphatic imine (C=N–C) groups is 1. The number of hydrogen-bond donors (Lipinski definition) is 4. The number of β-amino-alcohol motifs (C(OH)–C–C–N with tert-alkyl or cyclic N) is 1. The maximum atomic E-state index is 14.4. The van der Waals surface area contributed by atoms with E-state index >= 15 is 0 Å². The quantitative estimate of drug-likeness (QED) is 0.0897. The lowest BCUT2D eigenvalue weighted by Crippen LogP contribution is -2.61. The number of aliphatic hydroxyl groups excluding tert-OH is 1. The minimum atomic E-state index is -1.46. The summed E-state index contributed by atoms with van der Waals surface area (Å²) in [6.07, 6.45) is -0.901. The number of nitrogens with zero attached hydrogens (tertiary/aromatic N) is 6. The highest BCUT2D eigenvalue weighted by atomic mass is 35.5. The molecular formula is C49H60ClN9O6S2. The Morgan fingerprint density at radius 3 is 2.25 bits per heavy atom. The molecule has 2 aliphatic rings. The lowest BCUT2D eigenvalue weighted by Gasteiger charge is -2.38. The first-order valence-electron chi connectivity index (χ1n) is 22.3. The van der Waals surface area contributed by atoms with Gasteiger partial charge < -0.3 is 30.7 Å². The largest absolute Gasteiger partial charge is 0.391 e. The highest BCUT2D eigenvalue weighted by Gasteiger charge is 2.46. The average molecular weight is 971 g/mol. The van der Waals surface area contributed by atoms with Crippen LogP contribution in [0.25, 0.3) is 15.4 Å². The van der Waals surface area contributed by atoms with Crippen molar-refractivity contribution in [2.75, 3.05) is 13.2 Å². The molecule has 0 bridgehead atoms. The summed E-state index contributed by atoms with van der Waals surface area (Å²) >= 11 is 9.47. The molecule has 3 aromatic heterocycles. The van der Waals surface area contributed by atoms with Crippen molar-refractivity contribution in [3.63, 3.8) is 0 Å². The molecular weight excluding hydrogens is 910 g/mol. The third-order valence-electron chi connectivity index (χ3n) is 12.2. The van der Waals surface area contributed by atoms with Gasteiger partial charge in [0.2, 0.25) is 17.7 Å². The third-order valence-corrected chi connectivity index (χ3v) is 14.7. The second-order valence-corrected chi connectivity index (χ2v) is 22.2. The van der Waals surface area contributed by atoms with Gasteiger partial charge in [-0.05, 0) is 89.6 Å². The number of amides is 4. The van der Waals surface area contributed by atoms with Gasteiger partial charge >= 0.3 is 0 Å². The molecule has 2 aliphatic heterocycles. The Hall–Kier alpha value is -5.33. The summed E-state index contributed by atoms with van der Waals surface area (Å²) in [6, 6.07) is 12.6. The van der Waals surface area contributed by atoms with Gasteiger partial charge in [0.05, 0.1) is 46.5 Å². The number of carbonyl (C=O) groups is 4. The molecule has 4 atom stereocenters. The molecule has 0 saturated carbocycles. The molecule has 4 N–H and O–H groups in total. The first-order valence-corrected chi connectivity index (χ1v) is 24.4. The fourth-order valence-electron chi connectivity index (χ4n) is 8.28. The van der Waals surface area contributed by atoms with E-state index in [0.717, 1.165) is 54.0 Å². The van der Waals surface area contributed by atoms with Crippen LogP contribution in [0, 0.1) is 33.1 Å². The lowest BCUT2D eigenvalue weighted by atomic mass is 9.85. The van der Waals surface area contributed by atoms with E-state index in [1.807, 2.05) is 93.2 Å². The smallest absolute Gasteiger partial charge is 0.252 e. The molecule has 0 unspecified atom stereocenters. The third kappa shape index (κ3) is 10.9. The highest BCUT2D eigenvalue weighted by Crippen LogP contribution is 2.40. The zero-order valence-corrected chi connectivity index (χ0v) is 42.3. The maximum Gasteiger partial charge on any atom is 0.252 e. The van der Waals surface area contributed by atoms with Gasteiger partial charge in [-0.25, -0.2) is 4.98 Å². The Balaban J connectivity index is 0.992. The number of likely N-dealkylation sites (tertiary alicyclic amines) is 1. The zero-order chi connectivity index (χ0) is 48.7. The molecule has 5 aromatic rings. The van der Waals surface area contributed by atoms with Crippen LogP contribution in [0.4, 0.5) is 0 Å². The Bertz CT molecular complexity index is 2700. The number of ether oxygens (including phenoxy) is 1. The van der Waals surface area contributed by atoms with Gasteiger partial charge in [-0.2, -0.15) is 0 Å². The number of aliphatic hydroxyl groups is 1. The first-order chi connectivity index (χ1) is 31.4. The number of thiophene rings is 1. The second-order valence-electron chi connectivity index (χ2n) is 19.7. The van der Waals surface area contributed by atoms with E-state index in [4.69, 9.17) is 21.3 Å². The van der Waals surface area contributed by atoms with Crippen molar-refractivity contribution >= 4 is 63.6 Å². The van der Waals surface area contributed by atoms with E-state index in [1.165, 1.54) is 4.90 Å². The molecule has 0 spiro atoms. The van der Waals surface area contributed by atoms with Crippen LogP contribution in [0.3, 0.4) is 0 Å². The van der Waals surface area contributed by atoms with Crippen LogP contribution < -0.4 is 16.0 Å². The summed E-state index contributed by atoms with van der Waals surface area (Å²) in [7, 11) is 0. The minimum Gasteiger partial charge on any atom is -0.391 e. The minimum absolute atomic E-state index is 0.0456. The number of carbonyl (C=O) groups excluding carboxylic acids is 4. The van der Waals surface area contributed by atoms with E-state index in [0.29, 0.717) is 16.7 Å². The van der Waals surface area contributed by atoms with Crippen LogP contribution >= 0.6 is 34.3 Å². The molecule has 1 fully saturated rings. The Kier molecular flexibility index (Phi) is 14.3. The fraction of sp³-hybridized carbons (Fsp3) is 0.469. The fourth-order valence-corrected chi connectivity index (χ4v) is 10.4. The Morgan fingerprint density at radius 2 is 1.61 bits per heavy atom. The molecule has 2 aromatic carbocycles. The standard InChI is InChI=1S/C49H60ClN9O6S2/c1-26-28(3)67-45-38(26)39(31-16-18-33(50)19-17-31)53-35(42-57-56-29(4)59(42)45)21-37(61)55-48(8,9)24-65-49(10,11)46(64)54-41(47(5,6)7)44(63)58-23-34(60)20-36(58)43(62)51-22-30-12-14-32(15-13-30)40-27(2)52-25-66-40/h12-19,25,34-36,41,60H,20-24H2,1-11H3,(H,51,62)(H,54,64)(H,55,61)/t34-,35-,36-,41+/m0/s1. The normalized spacial score (nSPS) is 17.8. The van der Waals surface area contributed by atoms with Gasteiger partial charge in [0.15, 0.2) is 5.82 Å². The number of aromatic nitrogens is 4. The van der Waals surface area contributed by atoms with E-state index in [1.54, 1.807) is 50.4 Å². The van der Waals surface area contributed by atoms with Crippen molar-refractivity contribution in [1.82, 2.24) is 40.6 Å². The number of nitrogens with one attached hydrogen (secondary N) is 3. The number of thiazole rings is 1. The van der Waals surface area contributed by atoms with Crippen molar-refractivity contribution in [1.29, 1.82) is 0 Å². The SMILES string of the molecule is Cc1ncsc1-c1ccc(CNC(=O)[C@@H]2C[C@H](O)CN2C(=O)[C@@H](NC(=O)C(C)(C)OCC(C)(C)NC(=O)C[C@@H]2N=C(c3ccc(Cl)cc3)c3c(sc(C)c3C)-n3c(C)nnc32)C(C)(C)C)cc1. The highest BCUT2D eigenvalue weighted by molar-refractivity contribution is 7.15. The summed E-state index contributed by atoms with van der Waals surface area (Å²) in [5, 5.41) is 30.1. The van der Waals surface area contributed by atoms with Gasteiger partial charge in [0.1, 0.15) is 34.6 Å². The van der Waals surface area contributed by atoms with Gasteiger partial charge in [-0.15, -0.1) is 32.9 Å². The molecule has 0 radical (unpaired) electrons. The molecule has 4 amide bonds. The van der Waals surface area contributed by atoms with E-state index in [2.05, 4.69) is 45.0 Å². The average Bonchev–Trinajstić information content (AvgIpc) is 4.03. The van der Waals surface area contributed by atoms with Gasteiger partial charge in [0, 0.05) is 40.5 Å². The van der Waals surface area contributed by atoms with Crippen LogP contribution in [-0.4, -0.2) is 102 Å². The lowest BCUT2D eigenvalue weighted by molar-refractivity contribution is -0.152. The predicted molar refractivity (Wildman–Crippen MR) is 262 cm³/mol. The van der Waals surface area contributed by atoms with Crippen molar-refractivity contribution < 1.29 is 29.0 Å². The van der Waals surface area contributed by atoms with Gasteiger partial charge in [0.25, 0.3) is 5.91 Å². The van der Waals surface area contributed by atoms with E-state index < -0.39 is 58.5 Å². The number of hydrogen-bond acceptors (Lipinski definition) is 12. The van der Waals surface area contributed by atoms with Crippen LogP contribution in [0.5, 0.6) is 0 Å². The number of aryl methyl sites for hydroxylation is 3. The van der Waals surface area contributed by atoms with E-state index in [-0.39, 0.29) is 38.4 Å². The van der Waals surface area contributed by atoms with Crippen molar-refractivity contribution in [2.24, 2.45) is 10.4 Å². The molecule has 18 heteroatoms. The zero-order valence-electron chi connectivity index (χ0n) is 39.9. The summed E-state index contributed by atoms with van der Waals surface area (Å²) < 4.78 is 8.24. The summed E-state index contributed by atoms with van der Waals surface area (Å²) in [4.78, 5) is 69.2. The summed E-state index contributed by atoms with van der Waals surface area (Å²) in [6.45, 7) is 20.4. The summed E-state index contributed by atoms with van der Waals surface area (Å²) in [5.74, 6) is -0.526. The van der Waals surface area contributed by atoms with Crippen molar-refractivity contribution in [3.05, 3.63) is 104 Å². The Morgan fingerprint density at radius 1 is 0.940 bits per heavy atom. The monoisotopic (exact) mass is 969 g/mol. The predicted octanol–water partition coefficient (Wildman–Crippen LogP) is 7.12. The number of fused-ring (bicyclic) bond motifs is 3. The van der Waals surface area contributed by atoms with Crippen molar-refractivity contribution in [2.45, 2.75) is 131 Å².